The van der Waals surface area contributed by atoms with Gasteiger partial charge in [0.15, 0.2) is 5.69 Å². The lowest BCUT2D eigenvalue weighted by atomic mass is 10.1. The summed E-state index contributed by atoms with van der Waals surface area (Å²) >= 11 is 6.13. The number of anilines is 2. The van der Waals surface area contributed by atoms with Crippen molar-refractivity contribution < 1.29 is 4.79 Å². The summed E-state index contributed by atoms with van der Waals surface area (Å²) in [4.78, 5) is 47.3. The summed E-state index contributed by atoms with van der Waals surface area (Å²) in [5.74, 6) is -0.134. The van der Waals surface area contributed by atoms with E-state index >= 15 is 0 Å². The summed E-state index contributed by atoms with van der Waals surface area (Å²) in [6, 6.07) is 7.00. The number of nitrogens with one attached hydrogen (secondary N) is 1. The second kappa shape index (κ2) is 10.2. The highest BCUT2D eigenvalue weighted by Gasteiger charge is 2.27. The standard InChI is InChI=1S/C24H30ClN5O3/c1-5-6-10-30-21(26)20(22(31)28-24(30)33)29(11-9-14(2)3)23(32)18-13-16-12-17(25)7-8-19(16)27-15(18)4/h7-8,12-14H,5-6,9-11,26H2,1-4H3,(H,28,31,33). The van der Waals surface area contributed by atoms with Gasteiger partial charge in [0, 0.05) is 23.5 Å². The van der Waals surface area contributed by atoms with E-state index in [2.05, 4.69) is 9.97 Å². The second-order valence-corrected chi connectivity index (χ2v) is 9.03. The number of hydrogen-bond donors (Lipinski definition) is 2. The molecule has 0 aliphatic rings. The van der Waals surface area contributed by atoms with Crippen LogP contribution in [0.2, 0.25) is 5.02 Å². The van der Waals surface area contributed by atoms with Gasteiger partial charge in [-0.2, -0.15) is 0 Å². The number of halogens is 1. The molecular weight excluding hydrogens is 442 g/mol. The fraction of sp³-hybridized carbons (Fsp3) is 0.417. The van der Waals surface area contributed by atoms with Crippen molar-refractivity contribution in [3.63, 3.8) is 0 Å². The van der Waals surface area contributed by atoms with Crippen LogP contribution in [-0.2, 0) is 6.54 Å². The van der Waals surface area contributed by atoms with Gasteiger partial charge in [-0.3, -0.25) is 24.1 Å². The first-order valence-corrected chi connectivity index (χ1v) is 11.5. The fourth-order valence-corrected chi connectivity index (χ4v) is 3.86. The van der Waals surface area contributed by atoms with Crippen molar-refractivity contribution in [1.29, 1.82) is 0 Å². The van der Waals surface area contributed by atoms with Crippen molar-refractivity contribution in [3.05, 3.63) is 61.4 Å². The molecular formula is C24H30ClN5O3. The van der Waals surface area contributed by atoms with Gasteiger partial charge in [0.25, 0.3) is 11.5 Å². The molecule has 33 heavy (non-hydrogen) atoms. The predicted molar refractivity (Wildman–Crippen MR) is 133 cm³/mol. The molecule has 3 aromatic rings. The van der Waals surface area contributed by atoms with Crippen LogP contribution in [0.15, 0.2) is 33.9 Å². The van der Waals surface area contributed by atoms with E-state index in [-0.39, 0.29) is 24.0 Å². The number of unbranched alkanes of at least 4 members (excludes halogenated alkanes) is 1. The van der Waals surface area contributed by atoms with E-state index in [1.165, 1.54) is 9.47 Å². The Bertz CT molecular complexity index is 1300. The van der Waals surface area contributed by atoms with Gasteiger partial charge in [0.2, 0.25) is 0 Å². The van der Waals surface area contributed by atoms with Gasteiger partial charge in [-0.1, -0.05) is 38.8 Å². The third-order valence-corrected chi connectivity index (χ3v) is 5.83. The monoisotopic (exact) mass is 471 g/mol. The third-order valence-electron chi connectivity index (χ3n) is 5.59. The molecule has 9 heteroatoms. The van der Waals surface area contributed by atoms with Crippen molar-refractivity contribution in [3.8, 4) is 0 Å². The summed E-state index contributed by atoms with van der Waals surface area (Å²) < 4.78 is 1.32. The summed E-state index contributed by atoms with van der Waals surface area (Å²) in [6.45, 7) is 8.42. The first-order valence-electron chi connectivity index (χ1n) is 11.1. The first kappa shape index (κ1) is 24.5. The lowest BCUT2D eigenvalue weighted by Gasteiger charge is -2.26. The van der Waals surface area contributed by atoms with Crippen LogP contribution in [0.4, 0.5) is 11.5 Å². The van der Waals surface area contributed by atoms with Crippen molar-refractivity contribution in [2.24, 2.45) is 5.92 Å². The first-order chi connectivity index (χ1) is 15.6. The Morgan fingerprint density at radius 2 is 2.00 bits per heavy atom. The van der Waals surface area contributed by atoms with E-state index in [1.807, 2.05) is 20.8 Å². The molecule has 2 aromatic heterocycles. The van der Waals surface area contributed by atoms with Crippen molar-refractivity contribution >= 4 is 39.9 Å². The summed E-state index contributed by atoms with van der Waals surface area (Å²) in [7, 11) is 0. The fourth-order valence-electron chi connectivity index (χ4n) is 3.68. The van der Waals surface area contributed by atoms with Crippen LogP contribution in [0, 0.1) is 12.8 Å². The smallest absolute Gasteiger partial charge is 0.330 e. The van der Waals surface area contributed by atoms with E-state index in [1.54, 1.807) is 31.2 Å². The molecule has 3 rings (SSSR count). The number of carbonyl (C=O) groups excluding carboxylic acids is 1. The number of aromatic amines is 1. The van der Waals surface area contributed by atoms with E-state index < -0.39 is 17.2 Å². The molecule has 0 aliphatic carbocycles. The number of nitrogens with two attached hydrogens (primary N) is 1. The lowest BCUT2D eigenvalue weighted by molar-refractivity contribution is 0.0984. The number of rotatable bonds is 8. The molecule has 2 heterocycles. The Labute approximate surface area is 197 Å². The second-order valence-electron chi connectivity index (χ2n) is 8.60. The largest absolute Gasteiger partial charge is 0.383 e. The number of fused-ring (bicyclic) bond motifs is 1. The molecule has 0 radical (unpaired) electrons. The minimum atomic E-state index is -0.684. The van der Waals surface area contributed by atoms with E-state index in [0.717, 1.165) is 11.8 Å². The number of benzene rings is 1. The highest BCUT2D eigenvalue weighted by atomic mass is 35.5. The predicted octanol–water partition coefficient (Wildman–Crippen LogP) is 4.12. The van der Waals surface area contributed by atoms with Crippen LogP contribution in [0.3, 0.4) is 0 Å². The molecule has 3 N–H and O–H groups in total. The van der Waals surface area contributed by atoms with Crippen LogP contribution >= 0.6 is 11.6 Å². The zero-order valence-electron chi connectivity index (χ0n) is 19.4. The number of aryl methyl sites for hydroxylation is 1. The average Bonchev–Trinajstić information content (AvgIpc) is 2.75. The van der Waals surface area contributed by atoms with Gasteiger partial charge >= 0.3 is 5.69 Å². The molecule has 0 spiro atoms. The molecule has 0 atom stereocenters. The average molecular weight is 472 g/mol. The number of H-pyrrole nitrogens is 1. The quantitative estimate of drug-likeness (QED) is 0.512. The van der Waals surface area contributed by atoms with E-state index in [9.17, 15) is 14.4 Å². The third kappa shape index (κ3) is 5.27. The number of pyridine rings is 1. The van der Waals surface area contributed by atoms with Crippen LogP contribution in [-0.4, -0.2) is 27.0 Å². The Morgan fingerprint density at radius 3 is 2.67 bits per heavy atom. The Morgan fingerprint density at radius 1 is 1.27 bits per heavy atom. The topological polar surface area (TPSA) is 114 Å². The number of nitrogens with zero attached hydrogens (tertiary/aromatic N) is 3. The zero-order valence-corrected chi connectivity index (χ0v) is 20.2. The molecule has 0 saturated heterocycles. The molecule has 1 aromatic carbocycles. The van der Waals surface area contributed by atoms with Gasteiger partial charge in [0.05, 0.1) is 16.8 Å². The van der Waals surface area contributed by atoms with Crippen LogP contribution in [0.5, 0.6) is 0 Å². The molecule has 1 amide bonds. The highest BCUT2D eigenvalue weighted by Crippen LogP contribution is 2.25. The Kier molecular flexibility index (Phi) is 7.58. The van der Waals surface area contributed by atoms with Crippen molar-refractivity contribution in [1.82, 2.24) is 14.5 Å². The molecule has 0 saturated carbocycles. The Balaban J connectivity index is 2.17. The molecule has 176 valence electrons. The van der Waals surface area contributed by atoms with Gasteiger partial charge in [0.1, 0.15) is 5.82 Å². The normalized spacial score (nSPS) is 11.3. The van der Waals surface area contributed by atoms with Crippen LogP contribution in [0.1, 0.15) is 56.1 Å². The molecule has 0 aliphatic heterocycles. The number of hydrogen-bond acceptors (Lipinski definition) is 5. The van der Waals surface area contributed by atoms with Gasteiger partial charge in [-0.25, -0.2) is 4.79 Å². The van der Waals surface area contributed by atoms with E-state index in [4.69, 9.17) is 17.3 Å². The van der Waals surface area contributed by atoms with Gasteiger partial charge in [-0.05, 0) is 49.9 Å². The lowest BCUT2D eigenvalue weighted by Crippen LogP contribution is -2.42. The number of amides is 1. The number of carbonyl (C=O) groups is 1. The maximum absolute atomic E-state index is 13.8. The molecule has 8 nitrogen and oxygen atoms in total. The minimum absolute atomic E-state index is 0.0104. The van der Waals surface area contributed by atoms with E-state index in [0.29, 0.717) is 41.2 Å². The highest BCUT2D eigenvalue weighted by molar-refractivity contribution is 6.31. The summed E-state index contributed by atoms with van der Waals surface area (Å²) in [5.41, 5.74) is 6.63. The summed E-state index contributed by atoms with van der Waals surface area (Å²) in [6.07, 6.45) is 2.20. The van der Waals surface area contributed by atoms with Gasteiger partial charge in [-0.15, -0.1) is 0 Å². The molecule has 0 bridgehead atoms. The molecule has 0 fully saturated rings. The Hall–Kier alpha value is -3.13. The maximum atomic E-state index is 13.8. The SMILES string of the molecule is CCCCn1c(N)c(N(CCC(C)C)C(=O)c2cc3cc(Cl)ccc3nc2C)c(=O)[nH]c1=O. The van der Waals surface area contributed by atoms with Crippen molar-refractivity contribution in [2.75, 3.05) is 17.2 Å². The van der Waals surface area contributed by atoms with Gasteiger partial charge < -0.3 is 10.6 Å². The zero-order chi connectivity index (χ0) is 24.3. The van der Waals surface area contributed by atoms with Crippen LogP contribution < -0.4 is 21.9 Å². The van der Waals surface area contributed by atoms with Crippen LogP contribution in [0.25, 0.3) is 10.9 Å². The number of nitrogen functional groups attached to an aromatic ring is 1. The maximum Gasteiger partial charge on any atom is 0.330 e. The van der Waals surface area contributed by atoms with Crippen molar-refractivity contribution in [2.45, 2.75) is 53.5 Å². The molecule has 0 unspecified atom stereocenters. The minimum Gasteiger partial charge on any atom is -0.383 e. The number of aromatic nitrogens is 3. The summed E-state index contributed by atoms with van der Waals surface area (Å²) in [5, 5.41) is 1.25.